The monoisotopic (exact) mass is 306 g/mol. The van der Waals surface area contributed by atoms with Crippen molar-refractivity contribution in [2.45, 2.75) is 13.8 Å². The van der Waals surface area contributed by atoms with E-state index in [0.717, 1.165) is 14.2 Å². The van der Waals surface area contributed by atoms with Crippen LogP contribution in [0, 0.1) is 0 Å². The normalized spacial score (nSPS) is 17.6. The van der Waals surface area contributed by atoms with Gasteiger partial charge in [0.05, 0.1) is 13.2 Å². The lowest BCUT2D eigenvalue weighted by Crippen LogP contribution is -2.09. The summed E-state index contributed by atoms with van der Waals surface area (Å²) in [6.45, 7) is 2.98. The minimum atomic E-state index is -4.08. The fourth-order valence-corrected chi connectivity index (χ4v) is 2.34. The predicted molar refractivity (Wildman–Crippen MR) is 60.0 cm³/mol. The second-order valence-electron chi connectivity index (χ2n) is 2.53. The van der Waals surface area contributed by atoms with E-state index in [-0.39, 0.29) is 13.2 Å². The topological polar surface area (TPSA) is 107 Å². The summed E-state index contributed by atoms with van der Waals surface area (Å²) in [7, 11) is -6.13. The molecule has 18 heavy (non-hydrogen) atoms. The molecule has 0 amide bonds. The molecule has 0 aliphatic carbocycles. The molecular formula is C7H16O9P2. The van der Waals surface area contributed by atoms with Crippen molar-refractivity contribution < 1.29 is 41.1 Å². The Morgan fingerprint density at radius 2 is 1.22 bits per heavy atom. The van der Waals surface area contributed by atoms with E-state index < -0.39 is 21.8 Å². The molecule has 0 rings (SSSR count). The lowest BCUT2D eigenvalue weighted by atomic mass is 10.9. The van der Waals surface area contributed by atoms with Crippen LogP contribution in [0.5, 0.6) is 0 Å². The van der Waals surface area contributed by atoms with Crippen LogP contribution in [0.2, 0.25) is 0 Å². The first kappa shape index (κ1) is 17.6. The average molecular weight is 306 g/mol. The molecule has 0 saturated heterocycles. The Balaban J connectivity index is 4.58. The summed E-state index contributed by atoms with van der Waals surface area (Å²) in [6, 6.07) is 0. The Morgan fingerprint density at radius 3 is 1.44 bits per heavy atom. The van der Waals surface area contributed by atoms with E-state index in [4.69, 9.17) is 0 Å². The minimum absolute atomic E-state index is 0.0220. The van der Waals surface area contributed by atoms with Gasteiger partial charge in [0, 0.05) is 14.2 Å². The summed E-state index contributed by atoms with van der Waals surface area (Å²) < 4.78 is 49.7. The van der Waals surface area contributed by atoms with Crippen molar-refractivity contribution in [3.63, 3.8) is 0 Å². The Bertz CT molecular complexity index is 323. The van der Waals surface area contributed by atoms with Gasteiger partial charge in [-0.25, -0.2) is 13.9 Å². The molecule has 0 saturated carbocycles. The fourth-order valence-electron chi connectivity index (χ4n) is 0.748. The first-order chi connectivity index (χ1) is 8.34. The van der Waals surface area contributed by atoms with Gasteiger partial charge in [-0.1, -0.05) is 0 Å². The maximum absolute atomic E-state index is 11.6. The van der Waals surface area contributed by atoms with Gasteiger partial charge >= 0.3 is 21.8 Å². The quantitative estimate of drug-likeness (QED) is 0.625. The lowest BCUT2D eigenvalue weighted by molar-refractivity contribution is 0.0903. The van der Waals surface area contributed by atoms with Crippen LogP contribution in [0.3, 0.4) is 0 Å². The third-order valence-electron chi connectivity index (χ3n) is 1.39. The van der Waals surface area contributed by atoms with E-state index in [2.05, 4.69) is 27.1 Å². The molecule has 0 aliphatic rings. The molecule has 0 spiro atoms. The van der Waals surface area contributed by atoms with Gasteiger partial charge < -0.3 is 9.05 Å². The molecule has 0 aromatic carbocycles. The SMILES string of the molecule is CCOP(=O)(OC)OC(=O)OP(=O)(OC)OCC. The Kier molecular flexibility index (Phi) is 7.70. The molecule has 0 heterocycles. The van der Waals surface area contributed by atoms with Crippen LogP contribution in [0.25, 0.3) is 0 Å². The summed E-state index contributed by atoms with van der Waals surface area (Å²) >= 11 is 0. The van der Waals surface area contributed by atoms with Crippen molar-refractivity contribution in [2.24, 2.45) is 0 Å². The van der Waals surface area contributed by atoms with Crippen LogP contribution < -0.4 is 0 Å². The van der Waals surface area contributed by atoms with E-state index in [0.29, 0.717) is 0 Å². The standard InChI is InChI=1S/C7H16O9P2/c1-5-13-17(9,11-3)15-7(8)16-18(10,12-4)14-6-2/h5-6H2,1-4H3. The van der Waals surface area contributed by atoms with Crippen LogP contribution in [0.1, 0.15) is 13.8 Å². The first-order valence-corrected chi connectivity index (χ1v) is 7.80. The number of carbonyl (C=O) groups excluding carboxylic acids is 1. The minimum Gasteiger partial charge on any atom is -0.337 e. The highest BCUT2D eigenvalue weighted by Gasteiger charge is 2.36. The molecule has 0 fully saturated rings. The zero-order valence-electron chi connectivity index (χ0n) is 10.5. The third-order valence-corrected chi connectivity index (χ3v) is 4.18. The zero-order chi connectivity index (χ0) is 14.2. The van der Waals surface area contributed by atoms with Crippen LogP contribution >= 0.6 is 15.6 Å². The first-order valence-electron chi connectivity index (χ1n) is 4.88. The molecule has 2 unspecified atom stereocenters. The Hall–Kier alpha value is -0.430. The predicted octanol–water partition coefficient (Wildman–Crippen LogP) is 2.72. The van der Waals surface area contributed by atoms with Crippen molar-refractivity contribution in [3.05, 3.63) is 0 Å². The van der Waals surface area contributed by atoms with Crippen LogP contribution in [-0.2, 0) is 36.3 Å². The largest absolute Gasteiger partial charge is 0.534 e. The number of hydrogen-bond acceptors (Lipinski definition) is 9. The van der Waals surface area contributed by atoms with Gasteiger partial charge in [-0.3, -0.25) is 18.1 Å². The highest BCUT2D eigenvalue weighted by molar-refractivity contribution is 7.50. The van der Waals surface area contributed by atoms with Gasteiger partial charge in [0.1, 0.15) is 0 Å². The van der Waals surface area contributed by atoms with Crippen molar-refractivity contribution in [1.82, 2.24) is 0 Å². The maximum atomic E-state index is 11.6. The second-order valence-corrected chi connectivity index (χ2v) is 5.93. The van der Waals surface area contributed by atoms with E-state index in [9.17, 15) is 13.9 Å². The molecule has 9 nitrogen and oxygen atoms in total. The van der Waals surface area contributed by atoms with Crippen molar-refractivity contribution in [2.75, 3.05) is 27.4 Å². The molecule has 0 aliphatic heterocycles. The van der Waals surface area contributed by atoms with E-state index in [1.54, 1.807) is 0 Å². The van der Waals surface area contributed by atoms with Crippen LogP contribution in [-0.4, -0.2) is 33.6 Å². The number of rotatable bonds is 8. The molecule has 0 aromatic heterocycles. The average Bonchev–Trinajstić information content (AvgIpc) is 2.29. The van der Waals surface area contributed by atoms with Gasteiger partial charge in [0.2, 0.25) is 0 Å². The van der Waals surface area contributed by atoms with Crippen molar-refractivity contribution >= 4 is 21.8 Å². The van der Waals surface area contributed by atoms with E-state index >= 15 is 0 Å². The smallest absolute Gasteiger partial charge is 0.337 e. The van der Waals surface area contributed by atoms with Gasteiger partial charge in [-0.15, -0.1) is 0 Å². The van der Waals surface area contributed by atoms with Crippen molar-refractivity contribution in [1.29, 1.82) is 0 Å². The highest BCUT2D eigenvalue weighted by Crippen LogP contribution is 2.53. The van der Waals surface area contributed by atoms with Crippen LogP contribution in [0.4, 0.5) is 4.79 Å². The number of hydrogen-bond donors (Lipinski definition) is 0. The molecule has 108 valence electrons. The van der Waals surface area contributed by atoms with Crippen LogP contribution in [0.15, 0.2) is 0 Å². The maximum Gasteiger partial charge on any atom is 0.534 e. The Labute approximate surface area is 105 Å². The Morgan fingerprint density at radius 1 is 0.889 bits per heavy atom. The van der Waals surface area contributed by atoms with Crippen molar-refractivity contribution in [3.8, 4) is 0 Å². The van der Waals surface area contributed by atoms with E-state index in [1.807, 2.05) is 0 Å². The number of phosphoric ester groups is 2. The summed E-state index contributed by atoms with van der Waals surface area (Å²) in [4.78, 5) is 11.2. The second kappa shape index (κ2) is 7.89. The summed E-state index contributed by atoms with van der Waals surface area (Å²) in [5, 5.41) is 0. The molecule has 0 aromatic rings. The summed E-state index contributed by atoms with van der Waals surface area (Å²) in [6.07, 6.45) is -1.55. The lowest BCUT2D eigenvalue weighted by Gasteiger charge is -2.17. The number of carbonyl (C=O) groups is 1. The molecule has 0 N–H and O–H groups in total. The summed E-state index contributed by atoms with van der Waals surface area (Å²) in [5.41, 5.74) is 0. The van der Waals surface area contributed by atoms with Gasteiger partial charge in [-0.2, -0.15) is 0 Å². The van der Waals surface area contributed by atoms with Gasteiger partial charge in [0.15, 0.2) is 0 Å². The molecule has 0 radical (unpaired) electrons. The van der Waals surface area contributed by atoms with Gasteiger partial charge in [-0.05, 0) is 13.8 Å². The summed E-state index contributed by atoms with van der Waals surface area (Å²) in [5.74, 6) is 0. The fraction of sp³-hybridized carbons (Fsp3) is 0.857. The molecule has 11 heteroatoms. The van der Waals surface area contributed by atoms with E-state index in [1.165, 1.54) is 13.8 Å². The molecule has 0 bridgehead atoms. The molecule has 2 atom stereocenters. The third kappa shape index (κ3) is 5.95. The highest BCUT2D eigenvalue weighted by atomic mass is 31.2. The van der Waals surface area contributed by atoms with Gasteiger partial charge in [0.25, 0.3) is 0 Å². The molecular weight excluding hydrogens is 290 g/mol. The zero-order valence-corrected chi connectivity index (χ0v) is 12.3. The number of phosphoric acid groups is 2.